The van der Waals surface area contributed by atoms with Crippen molar-refractivity contribution < 1.29 is 13.0 Å². The van der Waals surface area contributed by atoms with E-state index in [0.717, 1.165) is 31.8 Å². The lowest BCUT2D eigenvalue weighted by Crippen LogP contribution is -2.00. The molecule has 5 aromatic carbocycles. The summed E-state index contributed by atoms with van der Waals surface area (Å²) < 4.78 is 34.3. The van der Waals surface area contributed by atoms with Crippen molar-refractivity contribution in [1.29, 1.82) is 0 Å². The molecule has 0 aliphatic rings. The molecule has 0 spiro atoms. The Morgan fingerprint density at radius 2 is 1.19 bits per heavy atom. The van der Waals surface area contributed by atoms with E-state index in [0.29, 0.717) is 5.39 Å². The summed E-state index contributed by atoms with van der Waals surface area (Å²) in [5.41, 5.74) is 0. The van der Waals surface area contributed by atoms with Gasteiger partial charge in [-0.2, -0.15) is 0 Å². The molecule has 0 aliphatic heterocycles. The first-order chi connectivity index (χ1) is 12.9. The summed E-state index contributed by atoms with van der Waals surface area (Å²) in [6.07, 6.45) is 0. The molecule has 0 fully saturated rings. The molecule has 0 atom stereocenters. The van der Waals surface area contributed by atoms with Crippen LogP contribution in [-0.2, 0) is 22.7 Å². The van der Waals surface area contributed by atoms with E-state index >= 15 is 0 Å². The van der Waals surface area contributed by atoms with Crippen LogP contribution in [0.4, 0.5) is 0 Å². The standard InChI is InChI=1S/C16H10O3S.C6H6S/c17-20(18,19)14-9-7-12-5-4-10-2-1-3-11-6-8-13(14)16(12)15(10)11;7-6-4-2-1-3-5-6/h1-9H,(H,17,18,19);1-5,7H. The van der Waals surface area contributed by atoms with E-state index < -0.39 is 10.1 Å². The highest BCUT2D eigenvalue weighted by Gasteiger charge is 2.13. The first-order valence-corrected chi connectivity index (χ1v) is 10.2. The van der Waals surface area contributed by atoms with Crippen LogP contribution in [0.5, 0.6) is 0 Å². The summed E-state index contributed by atoms with van der Waals surface area (Å²) >= 11 is 3.36. The van der Waals surface area contributed by atoms with Crippen molar-refractivity contribution in [2.75, 3.05) is 0 Å². The number of hydrogen-bond acceptors (Lipinski definition) is 3. The van der Waals surface area contributed by atoms with E-state index in [1.807, 2.05) is 66.7 Å². The van der Waals surface area contributed by atoms with Gasteiger partial charge in [-0.3, -0.25) is 0 Å². The fraction of sp³-hybridized carbons (Fsp3) is 0. The average molecular weight is 393 g/mol. The van der Waals surface area contributed by atoms with Crippen LogP contribution in [-0.4, -0.2) is 13.0 Å². The summed E-state index contributed by atoms with van der Waals surface area (Å²) in [6.45, 7) is 0. The van der Waals surface area contributed by atoms with E-state index in [9.17, 15) is 13.0 Å². The predicted octanol–water partition coefficient (Wildman–Crippen LogP) is 4.55. The third kappa shape index (κ3) is 3.37. The van der Waals surface area contributed by atoms with Crippen LogP contribution in [0.15, 0.2) is 94.7 Å². The Kier molecular flexibility index (Phi) is 4.52. The molecule has 0 saturated carbocycles. The van der Waals surface area contributed by atoms with Gasteiger partial charge in [-0.25, -0.2) is 8.42 Å². The van der Waals surface area contributed by atoms with Crippen molar-refractivity contribution in [3.8, 4) is 0 Å². The maximum atomic E-state index is 11.4. The van der Waals surface area contributed by atoms with E-state index in [-0.39, 0.29) is 4.90 Å². The number of rotatable bonds is 1. The van der Waals surface area contributed by atoms with Gasteiger partial charge in [0.2, 0.25) is 0 Å². The molecule has 0 heterocycles. The molecule has 134 valence electrons. The van der Waals surface area contributed by atoms with Gasteiger partial charge in [0.1, 0.15) is 15.0 Å². The molecule has 0 N–H and O–H groups in total. The highest BCUT2D eigenvalue weighted by Crippen LogP contribution is 2.36. The largest absolute Gasteiger partial charge is 0.744 e. The molecular formula is C22H16O3S2. The molecule has 0 radical (unpaired) electrons. The maximum absolute atomic E-state index is 11.4. The Balaban J connectivity index is 0.000000218. The zero-order valence-corrected chi connectivity index (χ0v) is 16.0. The van der Waals surface area contributed by atoms with Crippen molar-refractivity contribution in [1.82, 2.24) is 0 Å². The van der Waals surface area contributed by atoms with Crippen LogP contribution < -0.4 is 0 Å². The van der Waals surface area contributed by atoms with Crippen LogP contribution in [0.1, 0.15) is 0 Å². The summed E-state index contributed by atoms with van der Waals surface area (Å²) in [5.74, 6) is 0. The van der Waals surface area contributed by atoms with Crippen molar-refractivity contribution in [2.24, 2.45) is 0 Å². The Morgan fingerprint density at radius 1 is 0.630 bits per heavy atom. The first-order valence-electron chi connectivity index (χ1n) is 8.34. The molecular weight excluding hydrogens is 376 g/mol. The molecule has 3 nitrogen and oxygen atoms in total. The second kappa shape index (κ2) is 6.85. The normalized spacial score (nSPS) is 11.6. The Hall–Kier alpha value is -2.60. The van der Waals surface area contributed by atoms with Gasteiger partial charge in [0.05, 0.1) is 4.90 Å². The molecule has 0 unspecified atom stereocenters. The molecule has 27 heavy (non-hydrogen) atoms. The van der Waals surface area contributed by atoms with E-state index in [1.54, 1.807) is 12.1 Å². The minimum atomic E-state index is -4.48. The minimum Gasteiger partial charge on any atom is -0.744 e. The molecule has 0 bridgehead atoms. The predicted molar refractivity (Wildman–Crippen MR) is 113 cm³/mol. The van der Waals surface area contributed by atoms with Gasteiger partial charge < -0.3 is 4.55 Å². The second-order valence-corrected chi connectivity index (χ2v) is 8.17. The highest BCUT2D eigenvalue weighted by molar-refractivity contribution is 7.86. The minimum absolute atomic E-state index is 0.150. The first kappa shape index (κ1) is 17.8. The molecule has 5 rings (SSSR count). The zero-order chi connectivity index (χ0) is 19.0. The topological polar surface area (TPSA) is 57.2 Å². The summed E-state index contributed by atoms with van der Waals surface area (Å²) in [7, 11) is -4.48. The second-order valence-electron chi connectivity index (χ2n) is 6.24. The Bertz CT molecular complexity index is 1330. The van der Waals surface area contributed by atoms with Crippen LogP contribution >= 0.6 is 0 Å². The Labute approximate surface area is 162 Å². The summed E-state index contributed by atoms with van der Waals surface area (Å²) in [6, 6.07) is 26.5. The van der Waals surface area contributed by atoms with Crippen LogP contribution in [0, 0.1) is 0 Å². The van der Waals surface area contributed by atoms with Crippen LogP contribution in [0.25, 0.3) is 32.3 Å². The fourth-order valence-corrected chi connectivity index (χ4v) is 4.23. The molecule has 5 aromatic rings. The van der Waals surface area contributed by atoms with Crippen LogP contribution in [0.2, 0.25) is 0 Å². The molecule has 0 amide bonds. The van der Waals surface area contributed by atoms with E-state index in [4.69, 9.17) is 0 Å². The fourth-order valence-electron chi connectivity index (χ4n) is 3.36. The van der Waals surface area contributed by atoms with Gasteiger partial charge in [-0.05, 0) is 57.8 Å². The van der Waals surface area contributed by atoms with Gasteiger partial charge in [0, 0.05) is 5.39 Å². The number of benzene rings is 5. The lowest BCUT2D eigenvalue weighted by molar-refractivity contribution is 0.464. The summed E-state index contributed by atoms with van der Waals surface area (Å²) in [5, 5.41) is 5.38. The van der Waals surface area contributed by atoms with Gasteiger partial charge in [0.25, 0.3) is 0 Å². The van der Waals surface area contributed by atoms with Crippen molar-refractivity contribution in [3.63, 3.8) is 0 Å². The van der Waals surface area contributed by atoms with E-state index in [2.05, 4.69) is 12.6 Å². The third-order valence-corrected chi connectivity index (χ3v) is 5.76. The van der Waals surface area contributed by atoms with Crippen molar-refractivity contribution in [2.45, 2.75) is 9.79 Å². The molecule has 0 saturated heterocycles. The van der Waals surface area contributed by atoms with Crippen molar-refractivity contribution >= 4 is 55.1 Å². The van der Waals surface area contributed by atoms with Crippen molar-refractivity contribution in [3.05, 3.63) is 84.9 Å². The lowest BCUT2D eigenvalue weighted by atomic mass is 9.94. The molecule has 5 heteroatoms. The highest BCUT2D eigenvalue weighted by atomic mass is 32.2. The monoisotopic (exact) mass is 392 g/mol. The van der Waals surface area contributed by atoms with Gasteiger partial charge >= 0.3 is 0 Å². The van der Waals surface area contributed by atoms with Gasteiger partial charge in [-0.1, -0.05) is 66.7 Å². The lowest BCUT2D eigenvalue weighted by Gasteiger charge is -2.15. The Morgan fingerprint density at radius 3 is 1.74 bits per heavy atom. The smallest absolute Gasteiger partial charge is 0.150 e. The molecule has 0 aliphatic carbocycles. The quantitative estimate of drug-likeness (QED) is 0.239. The molecule has 0 aromatic heterocycles. The zero-order valence-electron chi connectivity index (χ0n) is 14.2. The van der Waals surface area contributed by atoms with Crippen LogP contribution in [0.3, 0.4) is 0 Å². The SMILES string of the molecule is O=S(=O)([O-])c1ccc2ccc3cccc4ccc1c2c34.[SH2+]c1ccccc1. The summed E-state index contributed by atoms with van der Waals surface area (Å²) in [4.78, 5) is 0.978. The maximum Gasteiger partial charge on any atom is 0.150 e. The van der Waals surface area contributed by atoms with Gasteiger partial charge in [-0.15, -0.1) is 0 Å². The van der Waals surface area contributed by atoms with Gasteiger partial charge in [0.15, 0.2) is 0 Å². The average Bonchev–Trinajstić information content (AvgIpc) is 2.66. The number of hydrogen-bond donors (Lipinski definition) is 0. The third-order valence-electron chi connectivity index (χ3n) is 4.53. The van der Waals surface area contributed by atoms with E-state index in [1.165, 1.54) is 6.07 Å².